The van der Waals surface area contributed by atoms with Gasteiger partial charge >= 0.3 is 6.01 Å². The van der Waals surface area contributed by atoms with Gasteiger partial charge in [-0.3, -0.25) is 0 Å². The number of benzene rings is 5. The average molecular weight is 516 g/mol. The van der Waals surface area contributed by atoms with Gasteiger partial charge in [-0.2, -0.15) is 9.97 Å². The summed E-state index contributed by atoms with van der Waals surface area (Å²) in [6, 6.07) is 27.7. The van der Waals surface area contributed by atoms with E-state index < -0.39 is 0 Å². The van der Waals surface area contributed by atoms with Crippen molar-refractivity contribution >= 4 is 32.3 Å². The quantitative estimate of drug-likeness (QED) is 0.158. The Morgan fingerprint density at radius 1 is 0.615 bits per heavy atom. The van der Waals surface area contributed by atoms with E-state index in [0.717, 1.165) is 63.6 Å². The molecule has 0 saturated carbocycles. The van der Waals surface area contributed by atoms with E-state index in [1.165, 1.54) is 12.1 Å². The van der Waals surface area contributed by atoms with E-state index in [9.17, 15) is 10.2 Å². The van der Waals surface area contributed by atoms with Gasteiger partial charge in [0.1, 0.15) is 17.1 Å². The summed E-state index contributed by atoms with van der Waals surface area (Å²) in [7, 11) is 0. The van der Waals surface area contributed by atoms with E-state index in [-0.39, 0.29) is 28.9 Å². The molecule has 0 aliphatic rings. The van der Waals surface area contributed by atoms with Crippen molar-refractivity contribution in [3.8, 4) is 40.3 Å². The predicted molar refractivity (Wildman–Crippen MR) is 156 cm³/mol. The summed E-state index contributed by atoms with van der Waals surface area (Å²) < 4.78 is 6.00. The van der Waals surface area contributed by atoms with Gasteiger partial charge in [0.25, 0.3) is 0 Å². The number of hydrogen-bond donors (Lipinski definition) is 2. The third kappa shape index (κ3) is 4.70. The average Bonchev–Trinajstić information content (AvgIpc) is 2.96. The number of aromatic hydroxyl groups is 2. The fraction of sp³-hybridized carbons (Fsp3) is 0.182. The van der Waals surface area contributed by atoms with Crippen LogP contribution in [0.4, 0.5) is 0 Å². The van der Waals surface area contributed by atoms with Crippen LogP contribution in [0.5, 0.6) is 17.5 Å². The molecule has 0 saturated heterocycles. The summed E-state index contributed by atoms with van der Waals surface area (Å²) in [5.74, 6) is 0.337. The first-order chi connectivity index (χ1) is 19.1. The maximum absolute atomic E-state index is 10.6. The van der Waals surface area contributed by atoms with Gasteiger partial charge in [0.15, 0.2) is 11.6 Å². The SMILES string of the molecule is CCCCCCOc1nc(-c2c(O)cccc2O)nc(-c2cc3c4ccccc4ccc3c3ccccc23)n1. The van der Waals surface area contributed by atoms with Crippen molar-refractivity contribution < 1.29 is 14.9 Å². The number of fused-ring (bicyclic) bond motifs is 5. The lowest BCUT2D eigenvalue weighted by Gasteiger charge is -2.14. The maximum Gasteiger partial charge on any atom is 0.320 e. The molecule has 0 spiro atoms. The van der Waals surface area contributed by atoms with Gasteiger partial charge in [0.2, 0.25) is 0 Å². The van der Waals surface area contributed by atoms with E-state index >= 15 is 0 Å². The number of rotatable bonds is 8. The first kappa shape index (κ1) is 24.6. The van der Waals surface area contributed by atoms with Crippen molar-refractivity contribution in [1.29, 1.82) is 0 Å². The summed E-state index contributed by atoms with van der Waals surface area (Å²) >= 11 is 0. The smallest absolute Gasteiger partial charge is 0.320 e. The lowest BCUT2D eigenvalue weighted by Crippen LogP contribution is -2.05. The fourth-order valence-electron chi connectivity index (χ4n) is 5.15. The Bertz CT molecular complexity index is 1800. The molecule has 0 fully saturated rings. The molecular weight excluding hydrogens is 486 g/mol. The zero-order chi connectivity index (χ0) is 26.8. The van der Waals surface area contributed by atoms with Crippen molar-refractivity contribution in [1.82, 2.24) is 15.0 Å². The fourth-order valence-corrected chi connectivity index (χ4v) is 5.15. The van der Waals surface area contributed by atoms with Crippen LogP contribution in [0.15, 0.2) is 84.9 Å². The molecule has 2 N–H and O–H groups in total. The van der Waals surface area contributed by atoms with Gasteiger partial charge in [-0.05, 0) is 56.9 Å². The van der Waals surface area contributed by atoms with Crippen LogP contribution in [0.2, 0.25) is 0 Å². The van der Waals surface area contributed by atoms with Gasteiger partial charge in [-0.25, -0.2) is 4.98 Å². The molecule has 0 unspecified atom stereocenters. The molecule has 0 aliphatic carbocycles. The van der Waals surface area contributed by atoms with E-state index in [4.69, 9.17) is 14.7 Å². The van der Waals surface area contributed by atoms with Crippen LogP contribution in [0, 0.1) is 0 Å². The highest BCUT2D eigenvalue weighted by atomic mass is 16.5. The molecule has 5 aromatic carbocycles. The molecule has 6 nitrogen and oxygen atoms in total. The number of phenols is 2. The van der Waals surface area contributed by atoms with Crippen LogP contribution in [0.3, 0.4) is 0 Å². The second-order valence-electron chi connectivity index (χ2n) is 9.70. The number of ether oxygens (including phenoxy) is 1. The summed E-state index contributed by atoms with van der Waals surface area (Å²) in [5, 5.41) is 27.8. The topological polar surface area (TPSA) is 88.4 Å². The van der Waals surface area contributed by atoms with Crippen LogP contribution in [-0.2, 0) is 0 Å². The monoisotopic (exact) mass is 515 g/mol. The van der Waals surface area contributed by atoms with Gasteiger partial charge in [0, 0.05) is 5.56 Å². The van der Waals surface area contributed by atoms with Gasteiger partial charge in [0.05, 0.1) is 6.61 Å². The van der Waals surface area contributed by atoms with Crippen molar-refractivity contribution in [2.24, 2.45) is 0 Å². The molecule has 6 aromatic rings. The van der Waals surface area contributed by atoms with Crippen molar-refractivity contribution in [3.63, 3.8) is 0 Å². The molecule has 1 heterocycles. The Balaban J connectivity index is 1.58. The van der Waals surface area contributed by atoms with Gasteiger partial charge < -0.3 is 14.9 Å². The molecule has 0 atom stereocenters. The highest BCUT2D eigenvalue weighted by Crippen LogP contribution is 2.39. The van der Waals surface area contributed by atoms with Crippen LogP contribution in [0.25, 0.3) is 55.1 Å². The standard InChI is InChI=1S/C33H29N3O3/c1-2-3-4-9-19-39-33-35-31(34-32(36-33)30-28(37)15-10-16-29(30)38)27-20-26-22-12-6-5-11-21(22)17-18-25(26)23-13-7-8-14-24(23)27/h5-8,10-18,20,37-38H,2-4,9,19H2,1H3. The normalized spacial score (nSPS) is 11.4. The van der Waals surface area contributed by atoms with Crippen molar-refractivity contribution in [3.05, 3.63) is 84.9 Å². The minimum absolute atomic E-state index is 0.115. The Labute approximate surface area is 226 Å². The first-order valence-corrected chi connectivity index (χ1v) is 13.4. The Kier molecular flexibility index (Phi) is 6.68. The first-order valence-electron chi connectivity index (χ1n) is 13.4. The van der Waals surface area contributed by atoms with Crippen LogP contribution < -0.4 is 4.74 Å². The molecule has 39 heavy (non-hydrogen) atoms. The van der Waals surface area contributed by atoms with Crippen molar-refractivity contribution in [2.45, 2.75) is 32.6 Å². The highest BCUT2D eigenvalue weighted by molar-refractivity contribution is 6.20. The van der Waals surface area contributed by atoms with Crippen LogP contribution in [0.1, 0.15) is 32.6 Å². The summed E-state index contributed by atoms with van der Waals surface area (Å²) in [6.45, 7) is 2.64. The summed E-state index contributed by atoms with van der Waals surface area (Å²) in [4.78, 5) is 14.0. The van der Waals surface area contributed by atoms with Gasteiger partial charge in [-0.15, -0.1) is 0 Å². The predicted octanol–water partition coefficient (Wildman–Crippen LogP) is 8.04. The van der Waals surface area contributed by atoms with Crippen molar-refractivity contribution in [2.75, 3.05) is 6.61 Å². The highest BCUT2D eigenvalue weighted by Gasteiger charge is 2.19. The van der Waals surface area contributed by atoms with Gasteiger partial charge in [-0.1, -0.05) is 92.9 Å². The zero-order valence-corrected chi connectivity index (χ0v) is 21.8. The number of phenolic OH excluding ortho intramolecular Hbond substituents is 2. The van der Waals surface area contributed by atoms with Crippen LogP contribution in [-0.4, -0.2) is 31.8 Å². The number of unbranched alkanes of at least 4 members (excludes halogenated alkanes) is 3. The zero-order valence-electron chi connectivity index (χ0n) is 21.8. The lowest BCUT2D eigenvalue weighted by molar-refractivity contribution is 0.281. The number of nitrogens with zero attached hydrogens (tertiary/aromatic N) is 3. The molecule has 6 heteroatoms. The second kappa shape index (κ2) is 10.6. The molecule has 0 radical (unpaired) electrons. The molecule has 0 bridgehead atoms. The van der Waals surface area contributed by atoms with E-state index in [2.05, 4.69) is 54.4 Å². The Morgan fingerprint density at radius 3 is 2.10 bits per heavy atom. The maximum atomic E-state index is 10.6. The lowest BCUT2D eigenvalue weighted by atomic mass is 9.93. The summed E-state index contributed by atoms with van der Waals surface area (Å²) in [5.41, 5.74) is 0.969. The molecule has 0 amide bonds. The number of aromatic nitrogens is 3. The van der Waals surface area contributed by atoms with Crippen LogP contribution >= 0.6 is 0 Å². The second-order valence-corrected chi connectivity index (χ2v) is 9.70. The third-order valence-electron chi connectivity index (χ3n) is 7.10. The largest absolute Gasteiger partial charge is 0.507 e. The Morgan fingerprint density at radius 2 is 1.31 bits per heavy atom. The third-order valence-corrected chi connectivity index (χ3v) is 7.10. The molecule has 6 rings (SSSR count). The summed E-state index contributed by atoms with van der Waals surface area (Å²) in [6.07, 6.45) is 4.22. The minimum atomic E-state index is -0.115. The number of hydrogen-bond acceptors (Lipinski definition) is 6. The Hall–Kier alpha value is -4.71. The molecular formula is C33H29N3O3. The van der Waals surface area contributed by atoms with E-state index in [1.807, 2.05) is 24.3 Å². The minimum Gasteiger partial charge on any atom is -0.507 e. The molecule has 194 valence electrons. The molecule has 1 aromatic heterocycles. The molecule has 0 aliphatic heterocycles. The van der Waals surface area contributed by atoms with E-state index in [1.54, 1.807) is 6.07 Å². The van der Waals surface area contributed by atoms with E-state index in [0.29, 0.717) is 12.4 Å².